The van der Waals surface area contributed by atoms with Crippen LogP contribution in [-0.4, -0.2) is 52.3 Å². The third-order valence-corrected chi connectivity index (χ3v) is 9.15. The van der Waals surface area contributed by atoms with Crippen molar-refractivity contribution in [1.82, 2.24) is 4.90 Å². The summed E-state index contributed by atoms with van der Waals surface area (Å²) in [6, 6.07) is 4.08. The number of aliphatic hydroxyl groups is 1. The minimum atomic E-state index is -3.50. The fourth-order valence-corrected chi connectivity index (χ4v) is 6.51. The Hall–Kier alpha value is -1.31. The van der Waals surface area contributed by atoms with Gasteiger partial charge >= 0.3 is 12.1 Å². The van der Waals surface area contributed by atoms with Gasteiger partial charge in [0.05, 0.1) is 21.5 Å². The smallest absolute Gasteiger partial charge is 0.415 e. The lowest BCUT2D eigenvalue weighted by atomic mass is 9.91. The van der Waals surface area contributed by atoms with Crippen LogP contribution in [0.4, 0.5) is 4.79 Å². The average molecular weight is 566 g/mol. The number of aliphatic hydroxyl groups excluding tert-OH is 1. The van der Waals surface area contributed by atoms with E-state index in [4.69, 9.17) is 32.7 Å². The molecule has 0 aliphatic heterocycles. The minimum Gasteiger partial charge on any atom is -0.427 e. The summed E-state index contributed by atoms with van der Waals surface area (Å²) in [4.78, 5) is 36.6. The first-order valence-corrected chi connectivity index (χ1v) is 15.1. The van der Waals surface area contributed by atoms with Crippen LogP contribution >= 0.6 is 30.6 Å². The summed E-state index contributed by atoms with van der Waals surface area (Å²) in [7, 11) is -3.50. The molecule has 0 bridgehead atoms. The van der Waals surface area contributed by atoms with Gasteiger partial charge in [-0.15, -0.1) is 0 Å². The molecule has 0 saturated heterocycles. The number of ether oxygens (including phenoxy) is 2. The topological polar surface area (TPSA) is 113 Å². The number of benzene rings is 1. The summed E-state index contributed by atoms with van der Waals surface area (Å²) < 4.78 is 23.0. The molecular weight excluding hydrogens is 528 g/mol. The van der Waals surface area contributed by atoms with Crippen molar-refractivity contribution in [2.45, 2.75) is 78.5 Å². The number of halogens is 2. The van der Waals surface area contributed by atoms with Gasteiger partial charge < -0.3 is 19.5 Å². The predicted octanol–water partition coefficient (Wildman–Crippen LogP) is 6.60. The number of esters is 1. The highest BCUT2D eigenvalue weighted by molar-refractivity contribution is 7.58. The highest BCUT2D eigenvalue weighted by Crippen LogP contribution is 2.46. The van der Waals surface area contributed by atoms with Crippen LogP contribution in [0.25, 0.3) is 0 Å². The van der Waals surface area contributed by atoms with Gasteiger partial charge in [-0.1, -0.05) is 48.5 Å². The number of hydrogen-bond donors (Lipinski definition) is 2. The number of amides is 1. The van der Waals surface area contributed by atoms with Crippen LogP contribution < -0.4 is 0 Å². The Balaban J connectivity index is 2.12. The second-order valence-electron chi connectivity index (χ2n) is 10.5. The van der Waals surface area contributed by atoms with Crippen molar-refractivity contribution in [3.05, 3.63) is 33.8 Å². The summed E-state index contributed by atoms with van der Waals surface area (Å²) in [5.41, 5.74) is -0.207. The van der Waals surface area contributed by atoms with E-state index in [1.165, 1.54) is 0 Å². The van der Waals surface area contributed by atoms with E-state index in [1.54, 1.807) is 45.9 Å². The second-order valence-corrected chi connectivity index (χ2v) is 13.8. The highest BCUT2D eigenvalue weighted by Gasteiger charge is 2.33. The Morgan fingerprint density at radius 3 is 2.36 bits per heavy atom. The van der Waals surface area contributed by atoms with Crippen molar-refractivity contribution in [3.8, 4) is 0 Å². The zero-order valence-electron chi connectivity index (χ0n) is 21.4. The molecule has 0 radical (unpaired) electrons. The van der Waals surface area contributed by atoms with E-state index >= 15 is 0 Å². The van der Waals surface area contributed by atoms with Crippen molar-refractivity contribution in [3.63, 3.8) is 0 Å². The average Bonchev–Trinajstić information content (AvgIpc) is 2.79. The zero-order chi connectivity index (χ0) is 27.1. The first-order valence-electron chi connectivity index (χ1n) is 12.3. The summed E-state index contributed by atoms with van der Waals surface area (Å²) in [6.07, 6.45) is 2.75. The third-order valence-electron chi connectivity index (χ3n) is 6.36. The largest absolute Gasteiger partial charge is 0.427 e. The quantitative estimate of drug-likeness (QED) is 0.186. The number of carbonyl (C=O) groups excluding carboxylic acids is 2. The van der Waals surface area contributed by atoms with Crippen LogP contribution in [0.5, 0.6) is 0 Å². The normalized spacial score (nSPS) is 18.1. The molecule has 204 valence electrons. The molecule has 0 aromatic heterocycles. The van der Waals surface area contributed by atoms with E-state index < -0.39 is 43.9 Å². The fourth-order valence-electron chi connectivity index (χ4n) is 4.22. The van der Waals surface area contributed by atoms with Gasteiger partial charge in [0.25, 0.3) is 0 Å². The third kappa shape index (κ3) is 9.53. The molecule has 1 aliphatic carbocycles. The van der Waals surface area contributed by atoms with Gasteiger partial charge in [0.2, 0.25) is 14.2 Å². The van der Waals surface area contributed by atoms with Crippen molar-refractivity contribution in [2.24, 2.45) is 11.3 Å². The summed E-state index contributed by atoms with van der Waals surface area (Å²) in [5.74, 6) is -0.343. The maximum atomic E-state index is 13.0. The monoisotopic (exact) mass is 565 g/mol. The van der Waals surface area contributed by atoms with Crippen LogP contribution in [0.2, 0.25) is 10.0 Å². The summed E-state index contributed by atoms with van der Waals surface area (Å²) in [6.45, 7) is 6.03. The van der Waals surface area contributed by atoms with Gasteiger partial charge in [-0.3, -0.25) is 14.3 Å². The van der Waals surface area contributed by atoms with E-state index in [2.05, 4.69) is 0 Å². The van der Waals surface area contributed by atoms with E-state index in [0.717, 1.165) is 37.0 Å². The van der Waals surface area contributed by atoms with Gasteiger partial charge in [0.1, 0.15) is 6.23 Å². The number of hydrogen-bond acceptors (Lipinski definition) is 6. The number of carbonyl (C=O) groups is 2. The van der Waals surface area contributed by atoms with E-state index in [1.807, 2.05) is 0 Å². The molecule has 11 heteroatoms. The molecule has 36 heavy (non-hydrogen) atoms. The van der Waals surface area contributed by atoms with Gasteiger partial charge in [-0.2, -0.15) is 0 Å². The van der Waals surface area contributed by atoms with Crippen LogP contribution in [0.1, 0.15) is 77.8 Å². The van der Waals surface area contributed by atoms with Crippen LogP contribution in [0.3, 0.4) is 0 Å². The van der Waals surface area contributed by atoms with E-state index in [9.17, 15) is 24.2 Å². The highest BCUT2D eigenvalue weighted by atomic mass is 35.5. The maximum absolute atomic E-state index is 13.0. The minimum absolute atomic E-state index is 0.122. The lowest BCUT2D eigenvalue weighted by Crippen LogP contribution is -2.43. The molecule has 1 saturated carbocycles. The summed E-state index contributed by atoms with van der Waals surface area (Å²) >= 11 is 12.2. The number of rotatable bonds is 10. The SMILES string of the molecule is C[C@@H](c1ccc(Cl)c(Cl)c1)N(C(=O)OCOC(=O)C(C)(C)C)C(O)CCP(=O)(O)CC1CCCCC1. The molecule has 2 unspecified atom stereocenters. The van der Waals surface area contributed by atoms with Crippen molar-refractivity contribution >= 4 is 42.6 Å². The van der Waals surface area contributed by atoms with Crippen molar-refractivity contribution in [2.75, 3.05) is 19.1 Å². The Kier molecular flexibility index (Phi) is 11.6. The standard InChI is InChI=1S/C25H38Cl2NO7P/c1-17(19-10-11-20(26)21(27)14-19)28(24(31)35-16-34-23(30)25(2,3)4)22(29)12-13-36(32,33)15-18-8-6-5-7-9-18/h10-11,14,17-18,22,29H,5-9,12-13,15-16H2,1-4H3,(H,32,33)/t17-,22?/m0/s1. The molecule has 0 heterocycles. The fraction of sp³-hybridized carbons (Fsp3) is 0.680. The molecular formula is C25H38Cl2NO7P. The Bertz CT molecular complexity index is 947. The molecule has 3 atom stereocenters. The Morgan fingerprint density at radius 1 is 1.14 bits per heavy atom. The van der Waals surface area contributed by atoms with Gasteiger partial charge in [-0.25, -0.2) is 4.79 Å². The van der Waals surface area contributed by atoms with Crippen LogP contribution in [-0.2, 0) is 18.8 Å². The second kappa shape index (κ2) is 13.5. The first kappa shape index (κ1) is 30.9. The molecule has 2 N–H and O–H groups in total. The molecule has 1 aromatic rings. The van der Waals surface area contributed by atoms with Crippen molar-refractivity contribution in [1.29, 1.82) is 0 Å². The zero-order valence-corrected chi connectivity index (χ0v) is 23.8. The molecule has 1 fully saturated rings. The van der Waals surface area contributed by atoms with E-state index in [-0.39, 0.29) is 29.7 Å². The Morgan fingerprint density at radius 2 is 1.78 bits per heavy atom. The Labute approximate surface area is 223 Å². The molecule has 2 rings (SSSR count). The summed E-state index contributed by atoms with van der Waals surface area (Å²) in [5, 5.41) is 11.6. The van der Waals surface area contributed by atoms with E-state index in [0.29, 0.717) is 10.6 Å². The molecule has 1 aromatic carbocycles. The van der Waals surface area contributed by atoms with Crippen molar-refractivity contribution < 1.29 is 33.6 Å². The maximum Gasteiger partial charge on any atom is 0.415 e. The molecule has 1 aliphatic rings. The van der Waals surface area contributed by atoms with Gasteiger partial charge in [0, 0.05) is 18.7 Å². The lowest BCUT2D eigenvalue weighted by Gasteiger charge is -2.33. The van der Waals surface area contributed by atoms with Crippen LogP contribution in [0, 0.1) is 11.3 Å². The molecule has 8 nitrogen and oxygen atoms in total. The predicted molar refractivity (Wildman–Crippen MR) is 140 cm³/mol. The lowest BCUT2D eigenvalue weighted by molar-refractivity contribution is -0.162. The number of nitrogens with zero attached hydrogens (tertiary/aromatic N) is 1. The molecule has 1 amide bonds. The first-order chi connectivity index (χ1) is 16.7. The van der Waals surface area contributed by atoms with Crippen LogP contribution in [0.15, 0.2) is 18.2 Å². The molecule has 0 spiro atoms. The van der Waals surface area contributed by atoms with Gasteiger partial charge in [-0.05, 0) is 64.2 Å². The van der Waals surface area contributed by atoms with Gasteiger partial charge in [0.15, 0.2) is 0 Å².